The van der Waals surface area contributed by atoms with Crippen molar-refractivity contribution in [1.82, 2.24) is 10.2 Å². The van der Waals surface area contributed by atoms with Crippen molar-refractivity contribution in [3.8, 4) is 5.75 Å². The Morgan fingerprint density at radius 2 is 2.39 bits per heavy atom. The molecule has 0 spiro atoms. The van der Waals surface area contributed by atoms with Crippen molar-refractivity contribution in [1.29, 1.82) is 0 Å². The lowest BCUT2D eigenvalue weighted by atomic mass is 10.1. The number of carbonyl (C=O) groups is 1. The first kappa shape index (κ1) is 12.9. The first-order valence-corrected chi connectivity index (χ1v) is 6.33. The number of methoxy groups -OCH3 is 1. The minimum absolute atomic E-state index is 0.191. The molecule has 4 nitrogen and oxygen atoms in total. The van der Waals surface area contributed by atoms with Crippen LogP contribution >= 0.6 is 0 Å². The summed E-state index contributed by atoms with van der Waals surface area (Å²) >= 11 is 0. The van der Waals surface area contributed by atoms with E-state index in [4.69, 9.17) is 4.74 Å². The number of nitrogens with zero attached hydrogens (tertiary/aromatic N) is 1. The van der Waals surface area contributed by atoms with Gasteiger partial charge in [0.1, 0.15) is 5.75 Å². The third-order valence-corrected chi connectivity index (χ3v) is 3.21. The van der Waals surface area contributed by atoms with Gasteiger partial charge in [0.15, 0.2) is 0 Å². The van der Waals surface area contributed by atoms with Crippen molar-refractivity contribution < 1.29 is 9.53 Å². The molecule has 0 aliphatic carbocycles. The zero-order valence-electron chi connectivity index (χ0n) is 11.0. The number of nitrogens with one attached hydrogen (secondary N) is 1. The molecule has 0 radical (unpaired) electrons. The molecular weight excluding hydrogens is 228 g/mol. The fourth-order valence-corrected chi connectivity index (χ4v) is 2.23. The van der Waals surface area contributed by atoms with Gasteiger partial charge in [-0.3, -0.25) is 4.79 Å². The lowest BCUT2D eigenvalue weighted by Crippen LogP contribution is -2.51. The molecule has 1 N–H and O–H groups in total. The molecule has 1 aliphatic heterocycles. The van der Waals surface area contributed by atoms with Gasteiger partial charge >= 0.3 is 0 Å². The van der Waals surface area contributed by atoms with Crippen LogP contribution in [0.15, 0.2) is 24.3 Å². The van der Waals surface area contributed by atoms with E-state index in [0.717, 1.165) is 30.9 Å². The van der Waals surface area contributed by atoms with Crippen LogP contribution < -0.4 is 10.1 Å². The fraction of sp³-hybridized carbons (Fsp3) is 0.500. The van der Waals surface area contributed by atoms with Gasteiger partial charge in [-0.05, 0) is 24.6 Å². The molecule has 1 saturated heterocycles. The van der Waals surface area contributed by atoms with Crippen LogP contribution in [0, 0.1) is 0 Å². The normalized spacial score (nSPS) is 19.7. The van der Waals surface area contributed by atoms with Crippen molar-refractivity contribution >= 4 is 5.91 Å². The predicted molar refractivity (Wildman–Crippen MR) is 70.7 cm³/mol. The summed E-state index contributed by atoms with van der Waals surface area (Å²) in [6.45, 7) is 4.58. The summed E-state index contributed by atoms with van der Waals surface area (Å²) in [5.74, 6) is 0.991. The molecule has 1 heterocycles. The summed E-state index contributed by atoms with van der Waals surface area (Å²) in [5, 5.41) is 3.34. The minimum Gasteiger partial charge on any atom is -0.497 e. The molecule has 18 heavy (non-hydrogen) atoms. The SMILES string of the molecule is COc1cccc(CC(=O)N2CCN[C@@H](C)C2)c1. The van der Waals surface area contributed by atoms with Gasteiger partial charge in [-0.1, -0.05) is 12.1 Å². The molecule has 1 aromatic rings. The summed E-state index contributed by atoms with van der Waals surface area (Å²) in [6, 6.07) is 8.08. The van der Waals surface area contributed by atoms with E-state index in [1.807, 2.05) is 29.2 Å². The fourth-order valence-electron chi connectivity index (χ4n) is 2.23. The van der Waals surface area contributed by atoms with E-state index >= 15 is 0 Å². The summed E-state index contributed by atoms with van der Waals surface area (Å²) in [6.07, 6.45) is 0.448. The quantitative estimate of drug-likeness (QED) is 0.869. The van der Waals surface area contributed by atoms with Crippen molar-refractivity contribution in [2.24, 2.45) is 0 Å². The third kappa shape index (κ3) is 3.23. The van der Waals surface area contributed by atoms with Gasteiger partial charge in [-0.15, -0.1) is 0 Å². The number of piperazine rings is 1. The Labute approximate surface area is 108 Å². The molecule has 0 unspecified atom stereocenters. The first-order chi connectivity index (χ1) is 8.69. The average Bonchev–Trinajstić information content (AvgIpc) is 2.39. The van der Waals surface area contributed by atoms with Gasteiger partial charge in [0.25, 0.3) is 0 Å². The van der Waals surface area contributed by atoms with Crippen molar-refractivity contribution in [2.75, 3.05) is 26.7 Å². The molecule has 1 atom stereocenters. The van der Waals surface area contributed by atoms with E-state index in [1.165, 1.54) is 0 Å². The topological polar surface area (TPSA) is 41.6 Å². The van der Waals surface area contributed by atoms with Crippen LogP contribution in [0.2, 0.25) is 0 Å². The van der Waals surface area contributed by atoms with Gasteiger partial charge in [-0.2, -0.15) is 0 Å². The number of rotatable bonds is 3. The highest BCUT2D eigenvalue weighted by atomic mass is 16.5. The Morgan fingerprint density at radius 1 is 1.56 bits per heavy atom. The summed E-state index contributed by atoms with van der Waals surface area (Å²) in [7, 11) is 1.64. The number of hydrogen-bond donors (Lipinski definition) is 1. The van der Waals surface area contributed by atoms with E-state index < -0.39 is 0 Å². The number of hydrogen-bond acceptors (Lipinski definition) is 3. The highest BCUT2D eigenvalue weighted by Crippen LogP contribution is 2.14. The monoisotopic (exact) mass is 248 g/mol. The van der Waals surface area contributed by atoms with E-state index in [0.29, 0.717) is 12.5 Å². The van der Waals surface area contributed by atoms with Crippen molar-refractivity contribution in [3.63, 3.8) is 0 Å². The lowest BCUT2D eigenvalue weighted by Gasteiger charge is -2.32. The van der Waals surface area contributed by atoms with Crippen molar-refractivity contribution in [3.05, 3.63) is 29.8 Å². The molecule has 4 heteroatoms. The molecule has 0 aromatic heterocycles. The van der Waals surface area contributed by atoms with Crippen LogP contribution in [0.25, 0.3) is 0 Å². The third-order valence-electron chi connectivity index (χ3n) is 3.21. The molecule has 0 saturated carbocycles. The summed E-state index contributed by atoms with van der Waals surface area (Å²) in [5.41, 5.74) is 1.01. The molecule has 2 rings (SSSR count). The maximum atomic E-state index is 12.2. The Balaban J connectivity index is 1.97. The van der Waals surface area contributed by atoms with Crippen LogP contribution in [-0.4, -0.2) is 43.6 Å². The molecular formula is C14H20N2O2. The highest BCUT2D eigenvalue weighted by molar-refractivity contribution is 5.79. The smallest absolute Gasteiger partial charge is 0.227 e. The van der Waals surface area contributed by atoms with Gasteiger partial charge in [-0.25, -0.2) is 0 Å². The Morgan fingerprint density at radius 3 is 3.11 bits per heavy atom. The number of benzene rings is 1. The van der Waals surface area contributed by atoms with Gasteiger partial charge < -0.3 is 15.0 Å². The van der Waals surface area contributed by atoms with Gasteiger partial charge in [0.2, 0.25) is 5.91 Å². The zero-order valence-corrected chi connectivity index (χ0v) is 11.0. The van der Waals surface area contributed by atoms with Crippen LogP contribution in [-0.2, 0) is 11.2 Å². The molecule has 1 fully saturated rings. The first-order valence-electron chi connectivity index (χ1n) is 6.33. The maximum absolute atomic E-state index is 12.2. The Bertz CT molecular complexity index is 420. The summed E-state index contributed by atoms with van der Waals surface area (Å²) in [4.78, 5) is 14.1. The molecule has 1 aromatic carbocycles. The minimum atomic E-state index is 0.191. The van der Waals surface area contributed by atoms with Crippen LogP contribution in [0.1, 0.15) is 12.5 Å². The van der Waals surface area contributed by atoms with Gasteiger partial charge in [0, 0.05) is 25.7 Å². The van der Waals surface area contributed by atoms with E-state index in [-0.39, 0.29) is 5.91 Å². The van der Waals surface area contributed by atoms with E-state index in [2.05, 4.69) is 12.2 Å². The number of ether oxygens (including phenoxy) is 1. The average molecular weight is 248 g/mol. The molecule has 0 bridgehead atoms. The van der Waals surface area contributed by atoms with Crippen LogP contribution in [0.5, 0.6) is 5.75 Å². The Hall–Kier alpha value is -1.55. The Kier molecular flexibility index (Phi) is 4.20. The van der Waals surface area contributed by atoms with Crippen LogP contribution in [0.4, 0.5) is 0 Å². The molecule has 1 aliphatic rings. The predicted octanol–water partition coefficient (Wildman–Crippen LogP) is 1.06. The van der Waals surface area contributed by atoms with Crippen LogP contribution in [0.3, 0.4) is 0 Å². The van der Waals surface area contributed by atoms with Gasteiger partial charge in [0.05, 0.1) is 13.5 Å². The standard InChI is InChI=1S/C14H20N2O2/c1-11-10-16(7-6-15-11)14(17)9-12-4-3-5-13(8-12)18-2/h3-5,8,11,15H,6-7,9-10H2,1-2H3/t11-/m0/s1. The number of amides is 1. The van der Waals surface area contributed by atoms with E-state index in [1.54, 1.807) is 7.11 Å². The number of carbonyl (C=O) groups excluding carboxylic acids is 1. The maximum Gasteiger partial charge on any atom is 0.227 e. The lowest BCUT2D eigenvalue weighted by molar-refractivity contribution is -0.131. The van der Waals surface area contributed by atoms with Crippen molar-refractivity contribution in [2.45, 2.75) is 19.4 Å². The second-order valence-corrected chi connectivity index (χ2v) is 4.72. The van der Waals surface area contributed by atoms with E-state index in [9.17, 15) is 4.79 Å². The largest absolute Gasteiger partial charge is 0.497 e. The summed E-state index contributed by atoms with van der Waals surface area (Å²) < 4.78 is 5.16. The second kappa shape index (κ2) is 5.87. The molecule has 98 valence electrons. The highest BCUT2D eigenvalue weighted by Gasteiger charge is 2.20. The zero-order chi connectivity index (χ0) is 13.0. The molecule has 1 amide bonds. The second-order valence-electron chi connectivity index (χ2n) is 4.72.